The molecule has 168 valence electrons. The van der Waals surface area contributed by atoms with Crippen LogP contribution in [0.15, 0.2) is 59.5 Å². The Labute approximate surface area is 186 Å². The Morgan fingerprint density at radius 2 is 1.91 bits per heavy atom. The number of aromatic nitrogens is 3. The number of aryl methyl sites for hydroxylation is 1. The summed E-state index contributed by atoms with van der Waals surface area (Å²) in [5, 5.41) is 17.7. The third kappa shape index (κ3) is 3.91. The predicted molar refractivity (Wildman–Crippen MR) is 117 cm³/mol. The second-order valence-electron chi connectivity index (χ2n) is 8.38. The van der Waals surface area contributed by atoms with E-state index in [2.05, 4.69) is 15.4 Å². The molecular formula is C24H20F2N4O3. The molecule has 0 spiro atoms. The van der Waals surface area contributed by atoms with Crippen molar-refractivity contribution in [3.63, 3.8) is 0 Å². The molecule has 0 radical (unpaired) electrons. The second kappa shape index (κ2) is 7.63. The van der Waals surface area contributed by atoms with Crippen LogP contribution in [0.2, 0.25) is 0 Å². The van der Waals surface area contributed by atoms with Crippen molar-refractivity contribution in [3.8, 4) is 11.3 Å². The highest BCUT2D eigenvalue weighted by Crippen LogP contribution is 2.46. The molecule has 4 aromatic rings. The van der Waals surface area contributed by atoms with Gasteiger partial charge in [-0.1, -0.05) is 24.3 Å². The van der Waals surface area contributed by atoms with Crippen LogP contribution < -0.4 is 10.9 Å². The van der Waals surface area contributed by atoms with Gasteiger partial charge in [-0.2, -0.15) is 5.10 Å². The van der Waals surface area contributed by atoms with E-state index in [0.29, 0.717) is 35.2 Å². The molecule has 2 heterocycles. The number of aromatic amines is 1. The van der Waals surface area contributed by atoms with Crippen LogP contribution in [0.25, 0.3) is 16.8 Å². The molecule has 0 aliphatic heterocycles. The number of halogens is 2. The van der Waals surface area contributed by atoms with E-state index in [4.69, 9.17) is 0 Å². The van der Waals surface area contributed by atoms with Crippen LogP contribution in [0.5, 0.6) is 0 Å². The van der Waals surface area contributed by atoms with Crippen LogP contribution >= 0.6 is 0 Å². The topological polar surface area (TPSA) is 99.5 Å². The number of benzene rings is 2. The highest BCUT2D eigenvalue weighted by Gasteiger charge is 2.49. The largest absolute Gasteiger partial charge is 0.387 e. The van der Waals surface area contributed by atoms with Gasteiger partial charge in [-0.3, -0.25) is 9.59 Å². The van der Waals surface area contributed by atoms with Gasteiger partial charge in [0.05, 0.1) is 23.5 Å². The summed E-state index contributed by atoms with van der Waals surface area (Å²) in [6.07, 6.45) is 2.50. The summed E-state index contributed by atoms with van der Waals surface area (Å²) in [4.78, 5) is 28.2. The molecule has 7 nitrogen and oxygen atoms in total. The minimum Gasteiger partial charge on any atom is -0.387 e. The minimum atomic E-state index is -1.12. The first-order chi connectivity index (χ1) is 15.7. The van der Waals surface area contributed by atoms with Gasteiger partial charge in [0.2, 0.25) is 0 Å². The lowest BCUT2D eigenvalue weighted by molar-refractivity contribution is 0.0757. The van der Waals surface area contributed by atoms with E-state index in [1.165, 1.54) is 47.1 Å². The van der Waals surface area contributed by atoms with Crippen molar-refractivity contribution in [2.24, 2.45) is 0 Å². The smallest absolute Gasteiger partial charge is 0.274 e. The fourth-order valence-corrected chi connectivity index (χ4v) is 3.83. The standard InChI is InChI=1S/C24H20F2N4O3/c1-13-2-3-15(10-17(13)26)19-12-30-20(23(32)27-19)11-18(29-30)22(31)28-21(24(33)8-9-24)14-4-6-16(25)7-5-14/h2-7,10-12,21,33H,8-9H2,1H3,(H,27,32)(H,28,31). The molecule has 1 aliphatic carbocycles. The zero-order valence-electron chi connectivity index (χ0n) is 17.6. The summed E-state index contributed by atoms with van der Waals surface area (Å²) in [5.41, 5.74) is 0.361. The van der Waals surface area contributed by atoms with Gasteiger partial charge in [0.15, 0.2) is 5.69 Å². The summed E-state index contributed by atoms with van der Waals surface area (Å²) in [5.74, 6) is -1.41. The Morgan fingerprint density at radius 3 is 2.58 bits per heavy atom. The van der Waals surface area contributed by atoms with Crippen molar-refractivity contribution in [1.82, 2.24) is 19.9 Å². The van der Waals surface area contributed by atoms with Crippen LogP contribution in [0.1, 0.15) is 40.5 Å². The van der Waals surface area contributed by atoms with Gasteiger partial charge >= 0.3 is 0 Å². The molecule has 33 heavy (non-hydrogen) atoms. The molecule has 1 unspecified atom stereocenters. The first kappa shape index (κ1) is 21.0. The van der Waals surface area contributed by atoms with E-state index >= 15 is 0 Å². The van der Waals surface area contributed by atoms with Crippen molar-refractivity contribution in [2.75, 3.05) is 0 Å². The lowest BCUT2D eigenvalue weighted by atomic mass is 9.99. The number of rotatable bonds is 5. The summed E-state index contributed by atoms with van der Waals surface area (Å²) in [6, 6.07) is 10.7. The molecule has 2 aromatic heterocycles. The van der Waals surface area contributed by atoms with Crippen molar-refractivity contribution in [2.45, 2.75) is 31.4 Å². The monoisotopic (exact) mass is 450 g/mol. The zero-order valence-corrected chi connectivity index (χ0v) is 17.6. The Morgan fingerprint density at radius 1 is 1.18 bits per heavy atom. The van der Waals surface area contributed by atoms with Crippen LogP contribution in [-0.4, -0.2) is 31.2 Å². The number of H-pyrrole nitrogens is 1. The first-order valence-electron chi connectivity index (χ1n) is 10.4. The van der Waals surface area contributed by atoms with Crippen LogP contribution in [0.4, 0.5) is 8.78 Å². The molecule has 1 fully saturated rings. The van der Waals surface area contributed by atoms with Gasteiger partial charge in [0.25, 0.3) is 11.5 Å². The minimum absolute atomic E-state index is 0.0240. The van der Waals surface area contributed by atoms with Gasteiger partial charge in [-0.05, 0) is 49.1 Å². The maximum Gasteiger partial charge on any atom is 0.274 e. The lowest BCUT2D eigenvalue weighted by Gasteiger charge is -2.24. The summed E-state index contributed by atoms with van der Waals surface area (Å²) >= 11 is 0. The first-order valence-corrected chi connectivity index (χ1v) is 10.4. The predicted octanol–water partition coefficient (Wildman–Crippen LogP) is 3.27. The molecule has 0 bridgehead atoms. The van der Waals surface area contributed by atoms with E-state index < -0.39 is 34.7 Å². The number of hydrogen-bond donors (Lipinski definition) is 3. The number of nitrogens with one attached hydrogen (secondary N) is 2. The Bertz CT molecular complexity index is 1440. The quantitative estimate of drug-likeness (QED) is 0.435. The molecule has 1 saturated carbocycles. The molecule has 5 rings (SSSR count). The average Bonchev–Trinajstić information content (AvgIpc) is 3.37. The molecule has 1 aliphatic rings. The van der Waals surface area contributed by atoms with E-state index in [0.717, 1.165) is 0 Å². The maximum atomic E-state index is 14.0. The van der Waals surface area contributed by atoms with Crippen molar-refractivity contribution >= 4 is 11.4 Å². The number of fused-ring (bicyclic) bond motifs is 1. The van der Waals surface area contributed by atoms with E-state index in [1.807, 2.05) is 0 Å². The van der Waals surface area contributed by atoms with Crippen LogP contribution in [-0.2, 0) is 0 Å². The van der Waals surface area contributed by atoms with Gasteiger partial charge < -0.3 is 15.4 Å². The summed E-state index contributed by atoms with van der Waals surface area (Å²) in [6.45, 7) is 1.64. The van der Waals surface area contributed by atoms with E-state index in [-0.39, 0.29) is 11.2 Å². The second-order valence-corrected chi connectivity index (χ2v) is 8.38. The van der Waals surface area contributed by atoms with Gasteiger partial charge in [-0.25, -0.2) is 13.3 Å². The van der Waals surface area contributed by atoms with Gasteiger partial charge in [0.1, 0.15) is 17.2 Å². The fraction of sp³-hybridized carbons (Fsp3) is 0.208. The molecule has 3 N–H and O–H groups in total. The molecule has 2 aromatic carbocycles. The number of aliphatic hydroxyl groups is 1. The van der Waals surface area contributed by atoms with E-state index in [1.54, 1.807) is 19.1 Å². The van der Waals surface area contributed by atoms with Crippen molar-refractivity contribution in [1.29, 1.82) is 0 Å². The summed E-state index contributed by atoms with van der Waals surface area (Å²) in [7, 11) is 0. The SMILES string of the molecule is Cc1ccc(-c2cn3nc(C(=O)NC(c4ccc(F)cc4)C4(O)CC4)cc3c(=O)[nH]2)cc1F. The summed E-state index contributed by atoms with van der Waals surface area (Å²) < 4.78 is 28.6. The lowest BCUT2D eigenvalue weighted by Crippen LogP contribution is -2.37. The number of nitrogens with zero attached hydrogens (tertiary/aromatic N) is 2. The van der Waals surface area contributed by atoms with Crippen LogP contribution in [0.3, 0.4) is 0 Å². The number of amides is 1. The zero-order chi connectivity index (χ0) is 23.3. The third-order valence-electron chi connectivity index (χ3n) is 5.96. The van der Waals surface area contributed by atoms with Crippen molar-refractivity contribution < 1.29 is 18.7 Å². The molecular weight excluding hydrogens is 430 g/mol. The molecule has 0 saturated heterocycles. The fourth-order valence-electron chi connectivity index (χ4n) is 3.83. The average molecular weight is 450 g/mol. The Balaban J connectivity index is 1.47. The maximum absolute atomic E-state index is 14.0. The van der Waals surface area contributed by atoms with Crippen molar-refractivity contribution in [3.05, 3.63) is 93.5 Å². The van der Waals surface area contributed by atoms with Gasteiger partial charge in [0, 0.05) is 11.6 Å². The normalized spacial score (nSPS) is 15.4. The third-order valence-corrected chi connectivity index (χ3v) is 5.96. The van der Waals surface area contributed by atoms with Gasteiger partial charge in [-0.15, -0.1) is 0 Å². The molecule has 9 heteroatoms. The molecule has 1 amide bonds. The number of carbonyl (C=O) groups excluding carboxylic acids is 1. The number of hydrogen-bond acceptors (Lipinski definition) is 4. The Kier molecular flexibility index (Phi) is 4.86. The molecule has 1 atom stereocenters. The highest BCUT2D eigenvalue weighted by molar-refractivity contribution is 5.94. The van der Waals surface area contributed by atoms with E-state index in [9.17, 15) is 23.5 Å². The van der Waals surface area contributed by atoms with Crippen LogP contribution in [0, 0.1) is 18.6 Å². The Hall–Kier alpha value is -3.85. The highest BCUT2D eigenvalue weighted by atomic mass is 19.1. The number of carbonyl (C=O) groups is 1.